The molecule has 0 saturated heterocycles. The maximum atomic E-state index is 11.5. The number of primary amides is 1. The Morgan fingerprint density at radius 2 is 1.82 bits per heavy atom. The number of rotatable bonds is 4. The highest BCUT2D eigenvalue weighted by Crippen LogP contribution is 2.22. The Morgan fingerprint density at radius 1 is 1.14 bits per heavy atom. The van der Waals surface area contributed by atoms with Gasteiger partial charge in [0.15, 0.2) is 0 Å². The van der Waals surface area contributed by atoms with Crippen LogP contribution < -0.4 is 5.73 Å². The van der Waals surface area contributed by atoms with E-state index in [0.29, 0.717) is 12.1 Å². The van der Waals surface area contributed by atoms with E-state index in [9.17, 15) is 14.9 Å². The van der Waals surface area contributed by atoms with Gasteiger partial charge in [0.2, 0.25) is 0 Å². The van der Waals surface area contributed by atoms with Crippen LogP contribution in [0.15, 0.2) is 54.7 Å². The Kier molecular flexibility index (Phi) is 3.34. The molecule has 0 unspecified atom stereocenters. The SMILES string of the molecule is NC(=O)c1cn(Cc2ccc([N+](=O)[O-])cc2)c2ccccc12. The lowest BCUT2D eigenvalue weighted by molar-refractivity contribution is -0.384. The molecule has 0 atom stereocenters. The van der Waals surface area contributed by atoms with Gasteiger partial charge in [-0.3, -0.25) is 14.9 Å². The van der Waals surface area contributed by atoms with Crippen LogP contribution in [0.1, 0.15) is 15.9 Å². The molecule has 3 aromatic rings. The predicted molar refractivity (Wildman–Crippen MR) is 82.7 cm³/mol. The average Bonchev–Trinajstić information content (AvgIpc) is 2.87. The maximum Gasteiger partial charge on any atom is 0.269 e. The monoisotopic (exact) mass is 295 g/mol. The quantitative estimate of drug-likeness (QED) is 0.592. The number of nitro benzene ring substituents is 1. The fourth-order valence-electron chi connectivity index (χ4n) is 2.49. The van der Waals surface area contributed by atoms with Crippen molar-refractivity contribution in [1.29, 1.82) is 0 Å². The van der Waals surface area contributed by atoms with Crippen LogP contribution in [0.3, 0.4) is 0 Å². The van der Waals surface area contributed by atoms with E-state index in [2.05, 4.69) is 0 Å². The fraction of sp³-hybridized carbons (Fsp3) is 0.0625. The summed E-state index contributed by atoms with van der Waals surface area (Å²) in [5.41, 5.74) is 7.74. The number of para-hydroxylation sites is 1. The molecule has 1 amide bonds. The highest BCUT2D eigenvalue weighted by atomic mass is 16.6. The molecule has 0 aliphatic carbocycles. The van der Waals surface area contributed by atoms with E-state index >= 15 is 0 Å². The lowest BCUT2D eigenvalue weighted by Crippen LogP contribution is -2.10. The molecule has 0 radical (unpaired) electrons. The number of nitrogens with zero attached hydrogens (tertiary/aromatic N) is 2. The highest BCUT2D eigenvalue weighted by molar-refractivity contribution is 6.06. The van der Waals surface area contributed by atoms with Crippen molar-refractivity contribution in [3.8, 4) is 0 Å². The fourth-order valence-corrected chi connectivity index (χ4v) is 2.49. The zero-order chi connectivity index (χ0) is 15.7. The number of hydrogen-bond donors (Lipinski definition) is 1. The largest absolute Gasteiger partial charge is 0.366 e. The molecule has 0 bridgehead atoms. The second-order valence-electron chi connectivity index (χ2n) is 4.98. The van der Waals surface area contributed by atoms with Crippen LogP contribution >= 0.6 is 0 Å². The third-order valence-corrected chi connectivity index (χ3v) is 3.55. The van der Waals surface area contributed by atoms with Crippen LogP contribution in [-0.4, -0.2) is 15.4 Å². The van der Waals surface area contributed by atoms with E-state index in [1.54, 1.807) is 18.3 Å². The molecule has 2 aromatic carbocycles. The summed E-state index contributed by atoms with van der Waals surface area (Å²) in [5.74, 6) is -0.473. The lowest BCUT2D eigenvalue weighted by atomic mass is 10.2. The van der Waals surface area contributed by atoms with Gasteiger partial charge in [-0.15, -0.1) is 0 Å². The summed E-state index contributed by atoms with van der Waals surface area (Å²) in [5, 5.41) is 11.5. The number of carbonyl (C=O) groups excluding carboxylic acids is 1. The van der Waals surface area contributed by atoms with Crippen molar-refractivity contribution >= 4 is 22.5 Å². The number of hydrogen-bond acceptors (Lipinski definition) is 3. The molecular formula is C16H13N3O3. The predicted octanol–water partition coefficient (Wildman–Crippen LogP) is 2.70. The number of benzene rings is 2. The van der Waals surface area contributed by atoms with Crippen molar-refractivity contribution in [2.75, 3.05) is 0 Å². The van der Waals surface area contributed by atoms with Gasteiger partial charge in [-0.2, -0.15) is 0 Å². The Bertz CT molecular complexity index is 866. The second-order valence-corrected chi connectivity index (χ2v) is 4.98. The number of nitrogens with two attached hydrogens (primary N) is 1. The number of non-ortho nitro benzene ring substituents is 1. The van der Waals surface area contributed by atoms with Crippen LogP contribution in [0.4, 0.5) is 5.69 Å². The van der Waals surface area contributed by atoms with E-state index in [1.165, 1.54) is 12.1 Å². The zero-order valence-corrected chi connectivity index (χ0v) is 11.6. The molecule has 1 aromatic heterocycles. The minimum Gasteiger partial charge on any atom is -0.366 e. The summed E-state index contributed by atoms with van der Waals surface area (Å²) in [6.45, 7) is 0.506. The molecule has 6 nitrogen and oxygen atoms in total. The van der Waals surface area contributed by atoms with Crippen molar-refractivity contribution in [3.63, 3.8) is 0 Å². The minimum atomic E-state index is -0.473. The van der Waals surface area contributed by atoms with Gasteiger partial charge in [-0.1, -0.05) is 30.3 Å². The average molecular weight is 295 g/mol. The van der Waals surface area contributed by atoms with E-state index in [-0.39, 0.29) is 5.69 Å². The molecule has 0 aliphatic heterocycles. The van der Waals surface area contributed by atoms with Gasteiger partial charge in [0.1, 0.15) is 0 Å². The summed E-state index contributed by atoms with van der Waals surface area (Å²) in [6.07, 6.45) is 1.72. The Balaban J connectivity index is 2.00. The highest BCUT2D eigenvalue weighted by Gasteiger charge is 2.12. The van der Waals surface area contributed by atoms with E-state index in [4.69, 9.17) is 5.73 Å². The molecular weight excluding hydrogens is 282 g/mol. The lowest BCUT2D eigenvalue weighted by Gasteiger charge is -2.05. The standard InChI is InChI=1S/C16H13N3O3/c17-16(20)14-10-18(15-4-2-1-3-13(14)15)9-11-5-7-12(8-6-11)19(21)22/h1-8,10H,9H2,(H2,17,20). The van der Waals surface area contributed by atoms with Gasteiger partial charge in [0.05, 0.1) is 10.5 Å². The molecule has 1 heterocycles. The summed E-state index contributed by atoms with van der Waals surface area (Å²) in [7, 11) is 0. The Morgan fingerprint density at radius 3 is 2.45 bits per heavy atom. The van der Waals surface area contributed by atoms with Crippen molar-refractivity contribution in [2.45, 2.75) is 6.54 Å². The first-order valence-electron chi connectivity index (χ1n) is 6.67. The number of amides is 1. The van der Waals surface area contributed by atoms with Gasteiger partial charge in [-0.25, -0.2) is 0 Å². The summed E-state index contributed by atoms with van der Waals surface area (Å²) in [4.78, 5) is 21.8. The van der Waals surface area contributed by atoms with Gasteiger partial charge in [0.25, 0.3) is 11.6 Å². The third kappa shape index (κ3) is 2.42. The molecule has 110 valence electrons. The number of nitro groups is 1. The molecule has 0 aliphatic rings. The Hall–Kier alpha value is -3.15. The molecule has 22 heavy (non-hydrogen) atoms. The molecule has 2 N–H and O–H groups in total. The summed E-state index contributed by atoms with van der Waals surface area (Å²) in [6, 6.07) is 13.8. The van der Waals surface area contributed by atoms with Crippen LogP contribution in [-0.2, 0) is 6.54 Å². The maximum absolute atomic E-state index is 11.5. The van der Waals surface area contributed by atoms with E-state index in [1.807, 2.05) is 28.8 Å². The topological polar surface area (TPSA) is 91.2 Å². The number of fused-ring (bicyclic) bond motifs is 1. The van der Waals surface area contributed by atoms with E-state index in [0.717, 1.165) is 16.5 Å². The van der Waals surface area contributed by atoms with Crippen LogP contribution in [0.25, 0.3) is 10.9 Å². The van der Waals surface area contributed by atoms with E-state index < -0.39 is 10.8 Å². The smallest absolute Gasteiger partial charge is 0.269 e. The second kappa shape index (κ2) is 5.33. The van der Waals surface area contributed by atoms with Gasteiger partial charge >= 0.3 is 0 Å². The van der Waals surface area contributed by atoms with Crippen molar-refractivity contribution in [1.82, 2.24) is 4.57 Å². The van der Waals surface area contributed by atoms with Crippen molar-refractivity contribution < 1.29 is 9.72 Å². The summed E-state index contributed by atoms with van der Waals surface area (Å²) < 4.78 is 1.91. The first kappa shape index (κ1) is 13.8. The minimum absolute atomic E-state index is 0.0546. The van der Waals surface area contributed by atoms with Gasteiger partial charge in [-0.05, 0) is 11.6 Å². The van der Waals surface area contributed by atoms with Crippen LogP contribution in [0, 0.1) is 10.1 Å². The Labute approximate surface area is 125 Å². The molecule has 0 fully saturated rings. The molecule has 6 heteroatoms. The van der Waals surface area contributed by atoms with Crippen molar-refractivity contribution in [2.24, 2.45) is 5.73 Å². The normalized spacial score (nSPS) is 10.7. The third-order valence-electron chi connectivity index (χ3n) is 3.55. The zero-order valence-electron chi connectivity index (χ0n) is 11.6. The van der Waals surface area contributed by atoms with Gasteiger partial charge < -0.3 is 10.3 Å². The molecule has 0 saturated carbocycles. The first-order valence-corrected chi connectivity index (χ1v) is 6.67. The summed E-state index contributed by atoms with van der Waals surface area (Å²) >= 11 is 0. The first-order chi connectivity index (χ1) is 10.6. The number of aromatic nitrogens is 1. The van der Waals surface area contributed by atoms with Crippen molar-refractivity contribution in [3.05, 3.63) is 76.0 Å². The van der Waals surface area contributed by atoms with Gasteiger partial charge in [0, 0.05) is 35.8 Å². The van der Waals surface area contributed by atoms with Crippen LogP contribution in [0.5, 0.6) is 0 Å². The molecule has 0 spiro atoms. The molecule has 3 rings (SSSR count). The van der Waals surface area contributed by atoms with Crippen LogP contribution in [0.2, 0.25) is 0 Å². The number of carbonyl (C=O) groups is 1.